The number of fused-ring (bicyclic) bond motifs is 1. The molecule has 4 rings (SSSR count). The molecule has 0 aliphatic rings. The van der Waals surface area contributed by atoms with Crippen LogP contribution in [0.5, 0.6) is 0 Å². The van der Waals surface area contributed by atoms with Crippen molar-refractivity contribution in [3.05, 3.63) is 71.3 Å². The first-order chi connectivity index (χ1) is 14.0. The van der Waals surface area contributed by atoms with Gasteiger partial charge in [-0.1, -0.05) is 18.2 Å². The van der Waals surface area contributed by atoms with Crippen molar-refractivity contribution in [1.29, 1.82) is 0 Å². The molecule has 0 atom stereocenters. The number of hydrogen-bond acceptors (Lipinski definition) is 4. The van der Waals surface area contributed by atoms with Crippen LogP contribution in [-0.4, -0.2) is 37.0 Å². The van der Waals surface area contributed by atoms with Crippen molar-refractivity contribution >= 4 is 16.9 Å². The molecule has 148 valence electrons. The van der Waals surface area contributed by atoms with E-state index >= 15 is 0 Å². The minimum atomic E-state index is -0.103. The maximum atomic E-state index is 12.9. The van der Waals surface area contributed by atoms with Crippen molar-refractivity contribution in [3.63, 3.8) is 0 Å². The van der Waals surface area contributed by atoms with E-state index in [1.54, 1.807) is 10.9 Å². The van der Waals surface area contributed by atoms with Crippen molar-refractivity contribution in [2.75, 3.05) is 6.54 Å². The summed E-state index contributed by atoms with van der Waals surface area (Å²) in [5.74, 6) is -0.103. The molecule has 0 saturated heterocycles. The van der Waals surface area contributed by atoms with Crippen LogP contribution in [0.15, 0.2) is 48.7 Å². The number of pyridine rings is 1. The summed E-state index contributed by atoms with van der Waals surface area (Å²) < 4.78 is 3.74. The van der Waals surface area contributed by atoms with E-state index in [2.05, 4.69) is 20.5 Å². The fourth-order valence-corrected chi connectivity index (χ4v) is 3.50. The van der Waals surface area contributed by atoms with Crippen LogP contribution in [-0.2, 0) is 6.54 Å². The van der Waals surface area contributed by atoms with Gasteiger partial charge in [0.15, 0.2) is 5.65 Å². The summed E-state index contributed by atoms with van der Waals surface area (Å²) in [4.78, 5) is 17.6. The quantitative estimate of drug-likeness (QED) is 0.514. The topological polar surface area (TPSA) is 77.6 Å². The van der Waals surface area contributed by atoms with Crippen LogP contribution < -0.4 is 5.32 Å². The van der Waals surface area contributed by atoms with Gasteiger partial charge in [0.05, 0.1) is 22.3 Å². The Bertz CT molecular complexity index is 1160. The summed E-state index contributed by atoms with van der Waals surface area (Å²) in [6, 6.07) is 13.7. The van der Waals surface area contributed by atoms with E-state index in [9.17, 15) is 4.79 Å². The van der Waals surface area contributed by atoms with E-state index in [0.717, 1.165) is 41.1 Å². The van der Waals surface area contributed by atoms with Gasteiger partial charge in [-0.15, -0.1) is 0 Å². The van der Waals surface area contributed by atoms with E-state index in [1.165, 1.54) is 0 Å². The van der Waals surface area contributed by atoms with Crippen LogP contribution >= 0.6 is 0 Å². The summed E-state index contributed by atoms with van der Waals surface area (Å²) in [7, 11) is 0. The molecule has 3 heterocycles. The highest BCUT2D eigenvalue weighted by Crippen LogP contribution is 2.24. The number of carbonyl (C=O) groups excluding carboxylic acids is 1. The van der Waals surface area contributed by atoms with Gasteiger partial charge in [-0.2, -0.15) is 10.2 Å². The van der Waals surface area contributed by atoms with Crippen LogP contribution in [0.2, 0.25) is 0 Å². The lowest BCUT2D eigenvalue weighted by molar-refractivity contribution is 0.0954. The molecule has 1 amide bonds. The summed E-state index contributed by atoms with van der Waals surface area (Å²) in [5.41, 5.74) is 4.92. The minimum Gasteiger partial charge on any atom is -0.352 e. The van der Waals surface area contributed by atoms with Gasteiger partial charge in [0, 0.05) is 30.7 Å². The standard InChI is InChI=1S/C22H24N6O/c1-15-14-19(22(29)23-11-7-13-27-16(2)10-12-24-27)20-17(3)26-28(21(20)25-15)18-8-5-4-6-9-18/h4-6,8-10,12,14H,7,11,13H2,1-3H3,(H,23,29). The second kappa shape index (κ2) is 7.87. The van der Waals surface area contributed by atoms with Crippen molar-refractivity contribution in [3.8, 4) is 5.69 Å². The monoisotopic (exact) mass is 388 g/mol. The lowest BCUT2D eigenvalue weighted by Crippen LogP contribution is -2.26. The number of aromatic nitrogens is 5. The van der Waals surface area contributed by atoms with Crippen molar-refractivity contribution in [1.82, 2.24) is 29.9 Å². The Balaban J connectivity index is 1.57. The molecule has 1 aromatic carbocycles. The Kier molecular flexibility index (Phi) is 5.12. The lowest BCUT2D eigenvalue weighted by Gasteiger charge is -2.09. The third-order valence-corrected chi connectivity index (χ3v) is 4.95. The number of benzene rings is 1. The van der Waals surface area contributed by atoms with E-state index < -0.39 is 0 Å². The van der Waals surface area contributed by atoms with E-state index in [4.69, 9.17) is 0 Å². The number of nitrogens with one attached hydrogen (secondary N) is 1. The van der Waals surface area contributed by atoms with Crippen LogP contribution in [0, 0.1) is 20.8 Å². The fraction of sp³-hybridized carbons (Fsp3) is 0.273. The van der Waals surface area contributed by atoms with Crippen molar-refractivity contribution in [2.24, 2.45) is 0 Å². The van der Waals surface area contributed by atoms with Crippen LogP contribution in [0.1, 0.15) is 33.9 Å². The number of carbonyl (C=O) groups is 1. The maximum Gasteiger partial charge on any atom is 0.252 e. The Labute approximate surface area is 169 Å². The second-order valence-electron chi connectivity index (χ2n) is 7.15. The average molecular weight is 388 g/mol. The van der Waals surface area contributed by atoms with Crippen molar-refractivity contribution in [2.45, 2.75) is 33.7 Å². The zero-order valence-electron chi connectivity index (χ0n) is 16.9. The molecule has 0 aliphatic heterocycles. The SMILES string of the molecule is Cc1cc(C(=O)NCCCn2nccc2C)c2c(C)nn(-c3ccccc3)c2n1. The van der Waals surface area contributed by atoms with Crippen LogP contribution in [0.4, 0.5) is 0 Å². The molecule has 0 saturated carbocycles. The molecule has 29 heavy (non-hydrogen) atoms. The van der Waals surface area contributed by atoms with Gasteiger partial charge < -0.3 is 5.32 Å². The molecule has 4 aromatic rings. The summed E-state index contributed by atoms with van der Waals surface area (Å²) in [6.45, 7) is 7.18. The highest BCUT2D eigenvalue weighted by atomic mass is 16.1. The summed E-state index contributed by atoms with van der Waals surface area (Å²) in [5, 5.41) is 12.7. The average Bonchev–Trinajstić information content (AvgIpc) is 3.28. The third-order valence-electron chi connectivity index (χ3n) is 4.95. The summed E-state index contributed by atoms with van der Waals surface area (Å²) >= 11 is 0. The second-order valence-corrected chi connectivity index (χ2v) is 7.15. The van der Waals surface area contributed by atoms with Gasteiger partial charge >= 0.3 is 0 Å². The van der Waals surface area contributed by atoms with E-state index in [0.29, 0.717) is 17.8 Å². The van der Waals surface area contributed by atoms with Gasteiger partial charge in [-0.05, 0) is 51.5 Å². The molecule has 7 nitrogen and oxygen atoms in total. The third kappa shape index (κ3) is 3.76. The molecule has 3 aromatic heterocycles. The maximum absolute atomic E-state index is 12.9. The first kappa shape index (κ1) is 18.9. The van der Waals surface area contributed by atoms with Crippen molar-refractivity contribution < 1.29 is 4.79 Å². The van der Waals surface area contributed by atoms with Gasteiger partial charge in [-0.25, -0.2) is 9.67 Å². The number of hydrogen-bond donors (Lipinski definition) is 1. The normalized spacial score (nSPS) is 11.1. The molecule has 7 heteroatoms. The number of amides is 1. The Morgan fingerprint density at radius 1 is 1.10 bits per heavy atom. The molecule has 1 N–H and O–H groups in total. The summed E-state index contributed by atoms with van der Waals surface area (Å²) in [6.07, 6.45) is 2.60. The molecule has 0 radical (unpaired) electrons. The smallest absolute Gasteiger partial charge is 0.252 e. The van der Waals surface area contributed by atoms with Crippen LogP contribution in [0.3, 0.4) is 0 Å². The Morgan fingerprint density at radius 3 is 2.62 bits per heavy atom. The molecule has 0 fully saturated rings. The number of aryl methyl sites for hydroxylation is 4. The van der Waals surface area contributed by atoms with Gasteiger partial charge in [-0.3, -0.25) is 9.48 Å². The van der Waals surface area contributed by atoms with Gasteiger partial charge in [0.25, 0.3) is 5.91 Å². The molecule has 0 bridgehead atoms. The number of para-hydroxylation sites is 1. The van der Waals surface area contributed by atoms with Crippen LogP contribution in [0.25, 0.3) is 16.7 Å². The van der Waals surface area contributed by atoms with Gasteiger partial charge in [0.1, 0.15) is 0 Å². The Hall–Kier alpha value is -3.48. The fourth-order valence-electron chi connectivity index (χ4n) is 3.50. The highest BCUT2D eigenvalue weighted by Gasteiger charge is 2.19. The van der Waals surface area contributed by atoms with Gasteiger partial charge in [0.2, 0.25) is 0 Å². The first-order valence-corrected chi connectivity index (χ1v) is 9.73. The predicted molar refractivity (Wildman–Crippen MR) is 112 cm³/mol. The molecular formula is C22H24N6O. The lowest BCUT2D eigenvalue weighted by atomic mass is 10.1. The zero-order chi connectivity index (χ0) is 20.4. The van der Waals surface area contributed by atoms with E-state index in [-0.39, 0.29) is 5.91 Å². The predicted octanol–water partition coefficient (Wildman–Crippen LogP) is 3.36. The largest absolute Gasteiger partial charge is 0.352 e. The molecular weight excluding hydrogens is 364 g/mol. The molecule has 0 aliphatic carbocycles. The minimum absolute atomic E-state index is 0.103. The number of rotatable bonds is 6. The molecule has 0 unspecified atom stereocenters. The van der Waals surface area contributed by atoms with E-state index in [1.807, 2.05) is 67.9 Å². The molecule has 0 spiro atoms. The Morgan fingerprint density at radius 2 is 1.90 bits per heavy atom. The highest BCUT2D eigenvalue weighted by molar-refractivity contribution is 6.06. The zero-order valence-corrected chi connectivity index (χ0v) is 16.9. The number of nitrogens with zero attached hydrogens (tertiary/aromatic N) is 5. The first-order valence-electron chi connectivity index (χ1n) is 9.73.